The summed E-state index contributed by atoms with van der Waals surface area (Å²) < 4.78 is 0. The second-order valence-electron chi connectivity index (χ2n) is 7.35. The molecule has 0 amide bonds. The number of likely N-dealkylation sites (N-methyl/N-ethyl adjacent to an activating group) is 1. The van der Waals surface area contributed by atoms with Crippen LogP contribution >= 0.6 is 0 Å². The summed E-state index contributed by atoms with van der Waals surface area (Å²) in [4.78, 5) is 25.7. The zero-order chi connectivity index (χ0) is 20.2. The molecule has 0 bridgehead atoms. The summed E-state index contributed by atoms with van der Waals surface area (Å²) in [5.41, 5.74) is 2.57. The number of benzene rings is 2. The van der Waals surface area contributed by atoms with Gasteiger partial charge < -0.3 is 15.1 Å². The van der Waals surface area contributed by atoms with Gasteiger partial charge in [0.25, 0.3) is 0 Å². The van der Waals surface area contributed by atoms with E-state index in [0.717, 1.165) is 49.1 Å². The van der Waals surface area contributed by atoms with Crippen molar-refractivity contribution in [1.82, 2.24) is 14.9 Å². The number of hydrogen-bond donors (Lipinski definition) is 1. The van der Waals surface area contributed by atoms with Crippen molar-refractivity contribution in [2.45, 2.75) is 6.92 Å². The average molecular weight is 387 g/mol. The third-order valence-corrected chi connectivity index (χ3v) is 5.14. The van der Waals surface area contributed by atoms with Crippen molar-refractivity contribution in [3.8, 4) is 11.4 Å². The largest absolute Gasteiger partial charge is 0.354 e. The molecule has 0 radical (unpaired) electrons. The average Bonchev–Trinajstić information content (AvgIpc) is 2.75. The van der Waals surface area contributed by atoms with E-state index < -0.39 is 0 Å². The van der Waals surface area contributed by atoms with Crippen molar-refractivity contribution < 1.29 is 4.79 Å². The van der Waals surface area contributed by atoms with Crippen LogP contribution in [0.4, 0.5) is 17.3 Å². The van der Waals surface area contributed by atoms with Crippen molar-refractivity contribution in [2.24, 2.45) is 0 Å². The Hall–Kier alpha value is -3.25. The van der Waals surface area contributed by atoms with Crippen LogP contribution in [0.25, 0.3) is 11.4 Å². The zero-order valence-corrected chi connectivity index (χ0v) is 16.8. The van der Waals surface area contributed by atoms with Gasteiger partial charge in [-0.2, -0.15) is 0 Å². The maximum absolute atomic E-state index is 11.5. The lowest BCUT2D eigenvalue weighted by molar-refractivity contribution is 0.101. The number of hydrogen-bond acceptors (Lipinski definition) is 6. The molecular formula is C23H25N5O. The third-order valence-electron chi connectivity index (χ3n) is 5.14. The fraction of sp³-hybridized carbons (Fsp3) is 0.261. The van der Waals surface area contributed by atoms with Crippen LogP contribution in [0.2, 0.25) is 0 Å². The monoisotopic (exact) mass is 387 g/mol. The lowest BCUT2D eigenvalue weighted by Crippen LogP contribution is -2.44. The summed E-state index contributed by atoms with van der Waals surface area (Å²) in [5.74, 6) is 2.42. The highest BCUT2D eigenvalue weighted by Crippen LogP contribution is 2.25. The van der Waals surface area contributed by atoms with E-state index in [9.17, 15) is 4.79 Å². The molecule has 0 spiro atoms. The minimum atomic E-state index is 0.0577. The highest BCUT2D eigenvalue weighted by Gasteiger charge is 2.18. The van der Waals surface area contributed by atoms with Gasteiger partial charge in [-0.25, -0.2) is 9.97 Å². The maximum Gasteiger partial charge on any atom is 0.163 e. The molecule has 1 N–H and O–H groups in total. The summed E-state index contributed by atoms with van der Waals surface area (Å²) in [6.45, 7) is 5.48. The Bertz CT molecular complexity index is 980. The normalized spacial score (nSPS) is 14.6. The first-order valence-corrected chi connectivity index (χ1v) is 9.84. The lowest BCUT2D eigenvalue weighted by atomic mass is 10.1. The van der Waals surface area contributed by atoms with E-state index in [1.165, 1.54) is 0 Å². The Labute approximate surface area is 171 Å². The van der Waals surface area contributed by atoms with E-state index in [0.29, 0.717) is 11.4 Å². The Morgan fingerprint density at radius 2 is 1.62 bits per heavy atom. The molecule has 148 valence electrons. The van der Waals surface area contributed by atoms with E-state index in [1.807, 2.05) is 60.7 Å². The molecule has 0 unspecified atom stereocenters. The number of aromatic nitrogens is 2. The number of piperazine rings is 1. The first kappa shape index (κ1) is 19.1. The van der Waals surface area contributed by atoms with Crippen molar-refractivity contribution in [2.75, 3.05) is 43.4 Å². The number of carbonyl (C=O) groups excluding carboxylic acids is 1. The number of ketones is 1. The topological polar surface area (TPSA) is 61.4 Å². The predicted molar refractivity (Wildman–Crippen MR) is 117 cm³/mol. The SMILES string of the molecule is CC(=O)c1ccc(Nc2cc(N3CCN(C)CC3)nc(-c3ccccc3)n2)cc1. The number of nitrogens with zero attached hydrogens (tertiary/aromatic N) is 4. The summed E-state index contributed by atoms with van der Waals surface area (Å²) >= 11 is 0. The molecule has 1 fully saturated rings. The van der Waals surface area contributed by atoms with Crippen LogP contribution in [0.15, 0.2) is 60.7 Å². The molecule has 2 heterocycles. The molecule has 4 rings (SSSR count). The minimum absolute atomic E-state index is 0.0577. The summed E-state index contributed by atoms with van der Waals surface area (Å²) in [7, 11) is 2.14. The molecular weight excluding hydrogens is 362 g/mol. The van der Waals surface area contributed by atoms with Crippen molar-refractivity contribution >= 4 is 23.1 Å². The number of Topliss-reactive ketones (excluding diaryl/α,β-unsaturated/α-hetero) is 1. The second-order valence-corrected chi connectivity index (χ2v) is 7.35. The van der Waals surface area contributed by atoms with E-state index in [-0.39, 0.29) is 5.78 Å². The van der Waals surface area contributed by atoms with Crippen LogP contribution in [-0.2, 0) is 0 Å². The smallest absolute Gasteiger partial charge is 0.163 e. The van der Waals surface area contributed by atoms with Crippen LogP contribution in [0.1, 0.15) is 17.3 Å². The summed E-state index contributed by atoms with van der Waals surface area (Å²) in [5, 5.41) is 3.37. The fourth-order valence-electron chi connectivity index (χ4n) is 3.35. The van der Waals surface area contributed by atoms with Gasteiger partial charge in [-0.3, -0.25) is 4.79 Å². The van der Waals surface area contributed by atoms with Gasteiger partial charge >= 0.3 is 0 Å². The zero-order valence-electron chi connectivity index (χ0n) is 16.8. The molecule has 0 aliphatic carbocycles. The Morgan fingerprint density at radius 3 is 2.28 bits per heavy atom. The van der Waals surface area contributed by atoms with Gasteiger partial charge in [-0.15, -0.1) is 0 Å². The number of anilines is 3. The van der Waals surface area contributed by atoms with Crippen molar-refractivity contribution in [3.63, 3.8) is 0 Å². The van der Waals surface area contributed by atoms with Gasteiger partial charge in [0, 0.05) is 49.1 Å². The van der Waals surface area contributed by atoms with Gasteiger partial charge in [-0.05, 0) is 38.2 Å². The Balaban J connectivity index is 1.66. The summed E-state index contributed by atoms with van der Waals surface area (Å²) in [6.07, 6.45) is 0. The standard InChI is InChI=1S/C23H25N5O/c1-17(29)18-8-10-20(11-9-18)24-21-16-22(28-14-12-27(2)13-15-28)26-23(25-21)19-6-4-3-5-7-19/h3-11,16H,12-15H2,1-2H3,(H,24,25,26). The van der Waals surface area contributed by atoms with E-state index in [1.54, 1.807) is 6.92 Å². The Kier molecular flexibility index (Phi) is 5.53. The number of nitrogens with one attached hydrogen (secondary N) is 1. The fourth-order valence-corrected chi connectivity index (χ4v) is 3.35. The minimum Gasteiger partial charge on any atom is -0.354 e. The van der Waals surface area contributed by atoms with Crippen molar-refractivity contribution in [1.29, 1.82) is 0 Å². The molecule has 2 aromatic carbocycles. The number of carbonyl (C=O) groups is 1. The van der Waals surface area contributed by atoms with E-state index in [4.69, 9.17) is 9.97 Å². The summed E-state index contributed by atoms with van der Waals surface area (Å²) in [6, 6.07) is 19.5. The van der Waals surface area contributed by atoms with Crippen LogP contribution < -0.4 is 10.2 Å². The lowest BCUT2D eigenvalue weighted by Gasteiger charge is -2.33. The molecule has 1 aromatic heterocycles. The number of rotatable bonds is 5. The molecule has 0 atom stereocenters. The molecule has 6 heteroatoms. The molecule has 3 aromatic rings. The Morgan fingerprint density at radius 1 is 0.931 bits per heavy atom. The van der Waals surface area contributed by atoms with Gasteiger partial charge in [0.2, 0.25) is 0 Å². The molecule has 1 aliphatic heterocycles. The van der Waals surface area contributed by atoms with Gasteiger partial charge in [-0.1, -0.05) is 30.3 Å². The first-order chi connectivity index (χ1) is 14.1. The third kappa shape index (κ3) is 4.60. The highest BCUT2D eigenvalue weighted by atomic mass is 16.1. The van der Waals surface area contributed by atoms with Crippen LogP contribution in [0.3, 0.4) is 0 Å². The first-order valence-electron chi connectivity index (χ1n) is 9.84. The predicted octanol–water partition coefficient (Wildman–Crippen LogP) is 3.84. The second kappa shape index (κ2) is 8.41. The van der Waals surface area contributed by atoms with Crippen LogP contribution in [-0.4, -0.2) is 53.9 Å². The molecule has 6 nitrogen and oxygen atoms in total. The maximum atomic E-state index is 11.5. The van der Waals surface area contributed by atoms with Gasteiger partial charge in [0.1, 0.15) is 11.6 Å². The quantitative estimate of drug-likeness (QED) is 0.671. The van der Waals surface area contributed by atoms with E-state index >= 15 is 0 Å². The van der Waals surface area contributed by atoms with Crippen LogP contribution in [0.5, 0.6) is 0 Å². The van der Waals surface area contributed by atoms with Gasteiger partial charge in [0.05, 0.1) is 0 Å². The molecule has 1 saturated heterocycles. The van der Waals surface area contributed by atoms with E-state index in [2.05, 4.69) is 22.2 Å². The molecule has 29 heavy (non-hydrogen) atoms. The van der Waals surface area contributed by atoms with Crippen molar-refractivity contribution in [3.05, 3.63) is 66.2 Å². The van der Waals surface area contributed by atoms with Crippen LogP contribution in [0, 0.1) is 0 Å². The highest BCUT2D eigenvalue weighted by molar-refractivity contribution is 5.94. The van der Waals surface area contributed by atoms with Gasteiger partial charge in [0.15, 0.2) is 11.6 Å². The molecule has 0 saturated carbocycles. The molecule has 1 aliphatic rings.